The molecule has 0 saturated heterocycles. The van der Waals surface area contributed by atoms with Gasteiger partial charge in [0.2, 0.25) is 0 Å². The molecular weight excluding hydrogens is 299 g/mol. The number of hydrogen-bond acceptors (Lipinski definition) is 2. The fourth-order valence-corrected chi connectivity index (χ4v) is 4.11. The summed E-state index contributed by atoms with van der Waals surface area (Å²) in [5, 5.41) is 0. The van der Waals surface area contributed by atoms with E-state index in [1.165, 1.54) is 6.07 Å². The number of ether oxygens (including phenoxy) is 1. The number of rotatable bonds is 8. The van der Waals surface area contributed by atoms with Gasteiger partial charge in [0.1, 0.15) is 12.2 Å². The van der Waals surface area contributed by atoms with E-state index in [1.807, 2.05) is 13.0 Å². The average Bonchev–Trinajstić information content (AvgIpc) is 3.25. The molecule has 0 bridgehead atoms. The Morgan fingerprint density at radius 3 is 2.41 bits per heavy atom. The first-order valence-corrected chi connectivity index (χ1v) is 10.2. The monoisotopic (exact) mass is 326 g/mol. The molecule has 2 nitrogen and oxygen atoms in total. The minimum absolute atomic E-state index is 0.202. The van der Waals surface area contributed by atoms with E-state index in [0.29, 0.717) is 12.4 Å². The van der Waals surface area contributed by atoms with Crippen molar-refractivity contribution in [2.24, 2.45) is 0 Å². The van der Waals surface area contributed by atoms with Gasteiger partial charge in [-0.3, -0.25) is 0 Å². The van der Waals surface area contributed by atoms with Gasteiger partial charge in [0.15, 0.2) is 11.6 Å². The first-order valence-electron chi connectivity index (χ1n) is 7.86. The highest BCUT2D eigenvalue weighted by molar-refractivity contribution is 8.29. The van der Waals surface area contributed by atoms with Gasteiger partial charge in [0.05, 0.1) is 0 Å². The largest absolute Gasteiger partial charge is 0.487 e. The Morgan fingerprint density at radius 2 is 1.95 bits per heavy atom. The zero-order valence-corrected chi connectivity index (χ0v) is 14.9. The molecule has 0 unspecified atom stereocenters. The van der Waals surface area contributed by atoms with Crippen LogP contribution in [0.3, 0.4) is 0 Å². The van der Waals surface area contributed by atoms with Crippen LogP contribution in [0.25, 0.3) is 6.08 Å². The summed E-state index contributed by atoms with van der Waals surface area (Å²) in [4.78, 5) is 0. The smallest absolute Gasteiger partial charge is 0.165 e. The van der Waals surface area contributed by atoms with Crippen molar-refractivity contribution in [2.45, 2.75) is 39.2 Å². The lowest BCUT2D eigenvalue weighted by Crippen LogP contribution is -2.27. The van der Waals surface area contributed by atoms with Crippen molar-refractivity contribution in [3.05, 3.63) is 35.7 Å². The summed E-state index contributed by atoms with van der Waals surface area (Å²) in [5.41, 5.74) is 1.37. The van der Waals surface area contributed by atoms with Crippen LogP contribution < -0.4 is 4.74 Å². The molecule has 1 fully saturated rings. The third-order valence-corrected chi connectivity index (χ3v) is 7.57. The van der Waals surface area contributed by atoms with E-state index >= 15 is 0 Å². The molecule has 1 aliphatic carbocycles. The van der Waals surface area contributed by atoms with Crippen LogP contribution in [0, 0.1) is 12.7 Å². The molecule has 0 aliphatic heterocycles. The molecular formula is C18H27FO2S. The maximum atomic E-state index is 14.2. The summed E-state index contributed by atoms with van der Waals surface area (Å²) >= 11 is 0. The van der Waals surface area contributed by atoms with Crippen LogP contribution in [0.2, 0.25) is 0 Å². The second-order valence-corrected chi connectivity index (χ2v) is 9.86. The lowest BCUT2D eigenvalue weighted by atomic mass is 10.1. The third kappa shape index (κ3) is 3.85. The van der Waals surface area contributed by atoms with E-state index < -0.39 is 10.3 Å². The highest BCUT2D eigenvalue weighted by atomic mass is 32.3. The first-order chi connectivity index (χ1) is 10.4. The predicted molar refractivity (Wildman–Crippen MR) is 94.4 cm³/mol. The number of benzene rings is 1. The maximum Gasteiger partial charge on any atom is 0.165 e. The summed E-state index contributed by atoms with van der Waals surface area (Å²) in [6.45, 7) is 10.3. The van der Waals surface area contributed by atoms with E-state index in [-0.39, 0.29) is 11.4 Å². The van der Waals surface area contributed by atoms with Gasteiger partial charge in [0, 0.05) is 0 Å². The first kappa shape index (κ1) is 17.4. The van der Waals surface area contributed by atoms with Crippen LogP contribution in [-0.2, 0) is 4.18 Å². The third-order valence-electron chi connectivity index (χ3n) is 4.37. The van der Waals surface area contributed by atoms with Crippen molar-refractivity contribution in [3.63, 3.8) is 0 Å². The molecule has 1 saturated carbocycles. The zero-order chi connectivity index (χ0) is 16.4. The highest BCUT2D eigenvalue weighted by Crippen LogP contribution is 2.55. The Balaban J connectivity index is 2.06. The fraction of sp³-hybridized carbons (Fsp3) is 0.556. The molecule has 0 aromatic heterocycles. The van der Waals surface area contributed by atoms with E-state index in [9.17, 15) is 4.39 Å². The van der Waals surface area contributed by atoms with Gasteiger partial charge in [-0.1, -0.05) is 26.5 Å². The van der Waals surface area contributed by atoms with Gasteiger partial charge in [0.25, 0.3) is 0 Å². The predicted octanol–water partition coefficient (Wildman–Crippen LogP) is 5.09. The lowest BCUT2D eigenvalue weighted by molar-refractivity contribution is 0.121. The Hall–Kier alpha value is -1.00. The van der Waals surface area contributed by atoms with Crippen molar-refractivity contribution in [1.82, 2.24) is 0 Å². The number of halogens is 1. The summed E-state index contributed by atoms with van der Waals surface area (Å²) in [6.07, 6.45) is 5.86. The molecule has 4 heteroatoms. The maximum absolute atomic E-state index is 14.2. The average molecular weight is 326 g/mol. The van der Waals surface area contributed by atoms with Crippen molar-refractivity contribution in [3.8, 4) is 5.75 Å². The molecule has 1 aliphatic rings. The van der Waals surface area contributed by atoms with E-state index in [1.54, 1.807) is 6.08 Å². The van der Waals surface area contributed by atoms with Crippen LogP contribution in [0.15, 0.2) is 18.7 Å². The van der Waals surface area contributed by atoms with Crippen molar-refractivity contribution in [1.29, 1.82) is 0 Å². The number of hydrogen-bond donors (Lipinski definition) is 0. The normalized spacial score (nSPS) is 17.1. The zero-order valence-electron chi connectivity index (χ0n) is 14.1. The minimum Gasteiger partial charge on any atom is -0.487 e. The topological polar surface area (TPSA) is 18.5 Å². The molecule has 0 N–H and O–H groups in total. The van der Waals surface area contributed by atoms with Crippen LogP contribution >= 0.6 is 10.3 Å². The molecule has 1 aromatic rings. The van der Waals surface area contributed by atoms with Gasteiger partial charge < -0.3 is 8.92 Å². The van der Waals surface area contributed by atoms with Crippen LogP contribution in [0.5, 0.6) is 5.75 Å². The van der Waals surface area contributed by atoms with Crippen molar-refractivity contribution < 1.29 is 13.3 Å². The number of aryl methyl sites for hydroxylation is 1. The molecule has 0 heterocycles. The summed E-state index contributed by atoms with van der Waals surface area (Å²) < 4.78 is 26.4. The van der Waals surface area contributed by atoms with E-state index in [4.69, 9.17) is 8.92 Å². The second kappa shape index (κ2) is 6.63. The molecule has 0 amide bonds. The van der Waals surface area contributed by atoms with Gasteiger partial charge in [-0.15, -0.1) is 10.3 Å². The Kier molecular flexibility index (Phi) is 5.23. The standard InChI is InChI=1S/C18H27FO2S/c1-6-15-11-14(4)17(16(19)12-15)20-13-18(9-10-18)21-22(5,7-2)8-3/h6,11-12H,1,7-10,13H2,2-5H3. The van der Waals surface area contributed by atoms with Gasteiger partial charge in [-0.05, 0) is 60.8 Å². The van der Waals surface area contributed by atoms with E-state index in [0.717, 1.165) is 35.5 Å². The van der Waals surface area contributed by atoms with Crippen LogP contribution in [0.1, 0.15) is 37.8 Å². The SMILES string of the molecule is C=Cc1cc(C)c(OCC2(OS(C)(CC)CC)CC2)c(F)c1. The minimum atomic E-state index is -1.03. The molecule has 22 heavy (non-hydrogen) atoms. The van der Waals surface area contributed by atoms with Gasteiger partial charge in [-0.2, -0.15) is 0 Å². The molecule has 1 aromatic carbocycles. The van der Waals surface area contributed by atoms with Crippen molar-refractivity contribution >= 4 is 16.4 Å². The Bertz CT molecular complexity index is 525. The molecule has 0 atom stereocenters. The fourth-order valence-electron chi connectivity index (χ4n) is 2.40. The Labute approximate surface area is 135 Å². The quantitative estimate of drug-likeness (QED) is 0.662. The van der Waals surface area contributed by atoms with Crippen LogP contribution in [0.4, 0.5) is 4.39 Å². The van der Waals surface area contributed by atoms with Crippen LogP contribution in [-0.4, -0.2) is 30.0 Å². The van der Waals surface area contributed by atoms with Crippen molar-refractivity contribution in [2.75, 3.05) is 24.4 Å². The second-order valence-electron chi connectivity index (χ2n) is 6.17. The summed E-state index contributed by atoms with van der Waals surface area (Å²) in [5.74, 6) is 2.11. The molecule has 0 spiro atoms. The van der Waals surface area contributed by atoms with Gasteiger partial charge >= 0.3 is 0 Å². The molecule has 124 valence electrons. The highest BCUT2D eigenvalue weighted by Gasteiger charge is 2.48. The lowest BCUT2D eigenvalue weighted by Gasteiger charge is -2.37. The summed E-state index contributed by atoms with van der Waals surface area (Å²) in [6, 6.07) is 3.35. The molecule has 0 radical (unpaired) electrons. The summed E-state index contributed by atoms with van der Waals surface area (Å²) in [7, 11) is -1.03. The van der Waals surface area contributed by atoms with E-state index in [2.05, 4.69) is 26.7 Å². The molecule has 2 rings (SSSR count). The van der Waals surface area contributed by atoms with Gasteiger partial charge in [-0.25, -0.2) is 4.39 Å². The Morgan fingerprint density at radius 1 is 1.32 bits per heavy atom.